The number of pyridine rings is 1. The van der Waals surface area contributed by atoms with Gasteiger partial charge in [0.15, 0.2) is 0 Å². The first-order valence-corrected chi connectivity index (χ1v) is 9.45. The van der Waals surface area contributed by atoms with Gasteiger partial charge in [0, 0.05) is 44.2 Å². The summed E-state index contributed by atoms with van der Waals surface area (Å²) in [6.07, 6.45) is 2.82. The Morgan fingerprint density at radius 2 is 1.96 bits per heavy atom. The van der Waals surface area contributed by atoms with Gasteiger partial charge in [-0.15, -0.1) is 0 Å². The van der Waals surface area contributed by atoms with Crippen molar-refractivity contribution in [3.05, 3.63) is 40.9 Å². The first kappa shape index (κ1) is 17.5. The largest absolute Gasteiger partial charge is 0.349 e. The maximum Gasteiger partial charge on any atom is 0.255 e. The zero-order chi connectivity index (χ0) is 18.2. The Morgan fingerprint density at radius 3 is 2.56 bits per heavy atom. The molecule has 1 aliphatic rings. The van der Waals surface area contributed by atoms with Gasteiger partial charge in [0.1, 0.15) is 6.17 Å². The molecular formula is C15H18FN5O3S. The van der Waals surface area contributed by atoms with Crippen LogP contribution in [0.1, 0.15) is 0 Å². The van der Waals surface area contributed by atoms with Gasteiger partial charge in [-0.3, -0.25) is 14.3 Å². The van der Waals surface area contributed by atoms with Crippen LogP contribution in [0.15, 0.2) is 35.4 Å². The van der Waals surface area contributed by atoms with Gasteiger partial charge in [-0.05, 0) is 12.1 Å². The lowest BCUT2D eigenvalue weighted by molar-refractivity contribution is 0.330. The molecule has 2 aromatic heterocycles. The number of nitrogens with zero attached hydrogens (tertiary/aromatic N) is 4. The zero-order valence-corrected chi connectivity index (χ0v) is 14.6. The standard InChI is InChI=1S/C15H18FN5O3S/c1-20-14(22)7-12(10-3-5-17-6-4-10)18-15(20)19-13-9-21(8-11(13)16)25(2,23)24/h3-7,11,13H,8-9H2,1-2H3,(H,18,19)/t11-,13-/m0/s1. The van der Waals surface area contributed by atoms with Crippen LogP contribution in [-0.4, -0.2) is 58.8 Å². The molecule has 8 nitrogen and oxygen atoms in total. The fourth-order valence-electron chi connectivity index (χ4n) is 2.64. The van der Waals surface area contributed by atoms with Gasteiger partial charge < -0.3 is 5.32 Å². The van der Waals surface area contributed by atoms with Gasteiger partial charge in [-0.25, -0.2) is 17.8 Å². The fraction of sp³-hybridized carbons (Fsp3) is 0.400. The molecule has 1 fully saturated rings. The first-order chi connectivity index (χ1) is 11.8. The predicted octanol–water partition coefficient (Wildman–Crippen LogP) is 0.236. The van der Waals surface area contributed by atoms with Crippen LogP contribution in [0.3, 0.4) is 0 Å². The zero-order valence-electron chi connectivity index (χ0n) is 13.8. The Bertz CT molecular complexity index is 932. The van der Waals surface area contributed by atoms with Crippen molar-refractivity contribution in [3.8, 4) is 11.3 Å². The number of anilines is 1. The smallest absolute Gasteiger partial charge is 0.255 e. The van der Waals surface area contributed by atoms with Gasteiger partial charge in [-0.2, -0.15) is 4.31 Å². The molecule has 0 unspecified atom stereocenters. The molecular weight excluding hydrogens is 349 g/mol. The highest BCUT2D eigenvalue weighted by atomic mass is 32.2. The highest BCUT2D eigenvalue weighted by Crippen LogP contribution is 2.21. The Morgan fingerprint density at radius 1 is 1.28 bits per heavy atom. The molecule has 3 rings (SSSR count). The van der Waals surface area contributed by atoms with Crippen LogP contribution in [0.4, 0.5) is 10.3 Å². The van der Waals surface area contributed by atoms with Crippen LogP contribution in [0.25, 0.3) is 11.3 Å². The SMILES string of the molecule is Cn1c(N[C@H]2CN(S(C)(=O)=O)C[C@@H]2F)nc(-c2ccncc2)cc1=O. The van der Waals surface area contributed by atoms with Gasteiger partial charge in [0.25, 0.3) is 5.56 Å². The fourth-order valence-corrected chi connectivity index (χ4v) is 3.49. The van der Waals surface area contributed by atoms with E-state index in [2.05, 4.69) is 15.3 Å². The topological polar surface area (TPSA) is 97.2 Å². The van der Waals surface area contributed by atoms with E-state index in [-0.39, 0.29) is 24.6 Å². The maximum absolute atomic E-state index is 14.2. The summed E-state index contributed by atoms with van der Waals surface area (Å²) < 4.78 is 39.7. The third-order valence-corrected chi connectivity index (χ3v) is 5.35. The molecule has 25 heavy (non-hydrogen) atoms. The number of hydrogen-bond acceptors (Lipinski definition) is 6. The van der Waals surface area contributed by atoms with Crippen LogP contribution < -0.4 is 10.9 Å². The van der Waals surface area contributed by atoms with E-state index in [0.29, 0.717) is 11.3 Å². The molecule has 0 bridgehead atoms. The van der Waals surface area contributed by atoms with E-state index in [1.807, 2.05) is 0 Å². The number of hydrogen-bond donors (Lipinski definition) is 1. The van der Waals surface area contributed by atoms with Crippen molar-refractivity contribution in [1.29, 1.82) is 0 Å². The minimum Gasteiger partial charge on any atom is -0.349 e. The van der Waals surface area contributed by atoms with E-state index in [0.717, 1.165) is 10.6 Å². The lowest BCUT2D eigenvalue weighted by Gasteiger charge is -2.18. The first-order valence-electron chi connectivity index (χ1n) is 7.60. The second-order valence-electron chi connectivity index (χ2n) is 5.94. The lowest BCUT2D eigenvalue weighted by Crippen LogP contribution is -2.34. The third-order valence-electron chi connectivity index (χ3n) is 4.11. The Labute approximate surface area is 144 Å². The monoisotopic (exact) mass is 367 g/mol. The number of sulfonamides is 1. The van der Waals surface area contributed by atoms with Crippen molar-refractivity contribution < 1.29 is 12.8 Å². The summed E-state index contributed by atoms with van der Waals surface area (Å²) in [5.41, 5.74) is 0.829. The van der Waals surface area contributed by atoms with Crippen LogP contribution in [0.5, 0.6) is 0 Å². The summed E-state index contributed by atoms with van der Waals surface area (Å²) in [5.74, 6) is 0.183. The molecule has 3 heterocycles. The number of aromatic nitrogens is 3. The Balaban J connectivity index is 1.90. The molecule has 0 aromatic carbocycles. The van der Waals surface area contributed by atoms with Crippen LogP contribution in [0, 0.1) is 0 Å². The molecule has 134 valence electrons. The quantitative estimate of drug-likeness (QED) is 0.831. The average Bonchev–Trinajstić information content (AvgIpc) is 2.93. The van der Waals surface area contributed by atoms with Crippen molar-refractivity contribution in [2.24, 2.45) is 7.05 Å². The molecule has 0 aliphatic carbocycles. The van der Waals surface area contributed by atoms with E-state index in [4.69, 9.17) is 0 Å². The van der Waals surface area contributed by atoms with E-state index >= 15 is 0 Å². The number of halogens is 1. The van der Waals surface area contributed by atoms with Crippen molar-refractivity contribution >= 4 is 16.0 Å². The number of rotatable bonds is 4. The third kappa shape index (κ3) is 3.69. The van der Waals surface area contributed by atoms with Crippen LogP contribution >= 0.6 is 0 Å². The van der Waals surface area contributed by atoms with Crippen molar-refractivity contribution in [1.82, 2.24) is 18.8 Å². The normalized spacial score (nSPS) is 21.4. The van der Waals surface area contributed by atoms with Crippen molar-refractivity contribution in [3.63, 3.8) is 0 Å². The number of alkyl halides is 1. The van der Waals surface area contributed by atoms with Gasteiger partial charge >= 0.3 is 0 Å². The summed E-state index contributed by atoms with van der Waals surface area (Å²) in [6.45, 7) is -0.232. The minimum absolute atomic E-state index is 0.0185. The van der Waals surface area contributed by atoms with Gasteiger partial charge in [0.2, 0.25) is 16.0 Å². The molecule has 1 aliphatic heterocycles. The number of nitrogens with one attached hydrogen (secondary N) is 1. The molecule has 0 amide bonds. The van der Waals surface area contributed by atoms with E-state index in [1.165, 1.54) is 17.7 Å². The lowest BCUT2D eigenvalue weighted by atomic mass is 10.2. The van der Waals surface area contributed by atoms with E-state index in [9.17, 15) is 17.6 Å². The minimum atomic E-state index is -3.47. The summed E-state index contributed by atoms with van der Waals surface area (Å²) >= 11 is 0. The molecule has 1 N–H and O–H groups in total. The molecule has 2 aromatic rings. The average molecular weight is 367 g/mol. The molecule has 1 saturated heterocycles. The molecule has 2 atom stereocenters. The van der Waals surface area contributed by atoms with Gasteiger partial charge in [-0.1, -0.05) is 0 Å². The summed E-state index contributed by atoms with van der Waals surface area (Å²) in [7, 11) is -1.95. The van der Waals surface area contributed by atoms with Crippen molar-refractivity contribution in [2.75, 3.05) is 24.7 Å². The summed E-state index contributed by atoms with van der Waals surface area (Å²) in [4.78, 5) is 20.5. The van der Waals surface area contributed by atoms with Crippen molar-refractivity contribution in [2.45, 2.75) is 12.2 Å². The van der Waals surface area contributed by atoms with Gasteiger partial charge in [0.05, 0.1) is 18.0 Å². The maximum atomic E-state index is 14.2. The highest BCUT2D eigenvalue weighted by Gasteiger charge is 2.37. The second kappa shape index (κ2) is 6.52. The Hall–Kier alpha value is -2.33. The van der Waals surface area contributed by atoms with Crippen LogP contribution in [-0.2, 0) is 17.1 Å². The summed E-state index contributed by atoms with van der Waals surface area (Å²) in [5, 5.41) is 2.87. The second-order valence-corrected chi connectivity index (χ2v) is 7.93. The predicted molar refractivity (Wildman–Crippen MR) is 91.4 cm³/mol. The van der Waals surface area contributed by atoms with E-state index < -0.39 is 22.2 Å². The highest BCUT2D eigenvalue weighted by molar-refractivity contribution is 7.88. The molecule has 0 saturated carbocycles. The molecule has 10 heteroatoms. The molecule has 0 radical (unpaired) electrons. The Kier molecular flexibility index (Phi) is 4.56. The van der Waals surface area contributed by atoms with E-state index in [1.54, 1.807) is 24.5 Å². The molecule has 0 spiro atoms. The summed E-state index contributed by atoms with van der Waals surface area (Å²) in [6, 6.07) is 4.03. The van der Waals surface area contributed by atoms with Crippen LogP contribution in [0.2, 0.25) is 0 Å².